The van der Waals surface area contributed by atoms with Crippen LogP contribution in [0.1, 0.15) is 56.6 Å². The number of rotatable bonds is 2. The Hall–Kier alpha value is -1.02. The van der Waals surface area contributed by atoms with Crippen LogP contribution in [0.5, 0.6) is 0 Å². The molecule has 0 amide bonds. The van der Waals surface area contributed by atoms with Crippen molar-refractivity contribution in [1.29, 1.82) is 0 Å². The van der Waals surface area contributed by atoms with E-state index in [1.807, 2.05) is 0 Å². The van der Waals surface area contributed by atoms with Gasteiger partial charge in [-0.25, -0.2) is 0 Å². The monoisotopic (exact) mass is 272 g/mol. The van der Waals surface area contributed by atoms with Crippen molar-refractivity contribution in [2.24, 2.45) is 5.92 Å². The Kier molecular flexibility index (Phi) is 4.30. The van der Waals surface area contributed by atoms with Crippen LogP contribution in [0, 0.1) is 5.92 Å². The van der Waals surface area contributed by atoms with Gasteiger partial charge in [0.05, 0.1) is 0 Å². The van der Waals surface area contributed by atoms with E-state index in [0.29, 0.717) is 0 Å². The molecule has 2 unspecified atom stereocenters. The molecular formula is C18H28N2. The molecule has 2 atom stereocenters. The van der Waals surface area contributed by atoms with Crippen LogP contribution in [0.25, 0.3) is 0 Å². The number of fused-ring (bicyclic) bond motifs is 1. The van der Waals surface area contributed by atoms with Crippen molar-refractivity contribution >= 4 is 5.69 Å². The summed E-state index contributed by atoms with van der Waals surface area (Å²) in [6.07, 6.45) is 9.60. The van der Waals surface area contributed by atoms with Crippen LogP contribution in [0.4, 0.5) is 5.69 Å². The Morgan fingerprint density at radius 2 is 2.10 bits per heavy atom. The van der Waals surface area contributed by atoms with Crippen molar-refractivity contribution < 1.29 is 0 Å². The average molecular weight is 272 g/mol. The summed E-state index contributed by atoms with van der Waals surface area (Å²) < 4.78 is 0. The topological polar surface area (TPSA) is 29.3 Å². The standard InChI is InChI=1S/C18H28N2/c1-2-14-5-3-7-16(10-9-14)20-12-11-15-6-4-8-18(19)17(15)13-20/h4,6,8,14,16H,2-3,5,7,9-13,19H2,1H3. The molecule has 2 aliphatic rings. The molecule has 1 fully saturated rings. The molecule has 20 heavy (non-hydrogen) atoms. The largest absolute Gasteiger partial charge is 0.398 e. The Labute approximate surface area is 123 Å². The molecule has 0 saturated heterocycles. The van der Waals surface area contributed by atoms with Gasteiger partial charge in [0.25, 0.3) is 0 Å². The van der Waals surface area contributed by atoms with Crippen molar-refractivity contribution in [2.45, 2.75) is 64.5 Å². The molecule has 3 rings (SSSR count). The molecule has 1 aromatic rings. The van der Waals surface area contributed by atoms with Crippen LogP contribution in [0.2, 0.25) is 0 Å². The second-order valence-electron chi connectivity index (χ2n) is 6.64. The highest BCUT2D eigenvalue weighted by Gasteiger charge is 2.26. The third kappa shape index (κ3) is 2.85. The minimum Gasteiger partial charge on any atom is -0.398 e. The zero-order valence-electron chi connectivity index (χ0n) is 12.8. The first kappa shape index (κ1) is 13.9. The van der Waals surface area contributed by atoms with E-state index in [1.54, 1.807) is 0 Å². The zero-order chi connectivity index (χ0) is 13.9. The van der Waals surface area contributed by atoms with Gasteiger partial charge >= 0.3 is 0 Å². The summed E-state index contributed by atoms with van der Waals surface area (Å²) in [5.74, 6) is 0.974. The van der Waals surface area contributed by atoms with Gasteiger partial charge in [-0.3, -0.25) is 4.90 Å². The molecule has 0 radical (unpaired) electrons. The molecule has 1 aliphatic carbocycles. The first-order valence-corrected chi connectivity index (χ1v) is 8.38. The Bertz CT molecular complexity index is 455. The fourth-order valence-corrected chi connectivity index (χ4v) is 4.07. The number of nitrogens with two attached hydrogens (primary N) is 1. The lowest BCUT2D eigenvalue weighted by atomic mass is 9.95. The van der Waals surface area contributed by atoms with Gasteiger partial charge in [-0.15, -0.1) is 0 Å². The molecule has 1 aromatic carbocycles. The highest BCUT2D eigenvalue weighted by Crippen LogP contribution is 2.32. The first-order chi connectivity index (χ1) is 9.78. The van der Waals surface area contributed by atoms with E-state index in [1.165, 1.54) is 62.6 Å². The van der Waals surface area contributed by atoms with Gasteiger partial charge in [-0.05, 0) is 48.8 Å². The molecule has 110 valence electrons. The SMILES string of the molecule is CCC1CCCC(N2CCc3cccc(N)c3C2)CC1. The van der Waals surface area contributed by atoms with Gasteiger partial charge in [0, 0.05) is 24.8 Å². The predicted molar refractivity (Wildman–Crippen MR) is 85.6 cm³/mol. The van der Waals surface area contributed by atoms with Crippen molar-refractivity contribution in [3.63, 3.8) is 0 Å². The maximum Gasteiger partial charge on any atom is 0.0362 e. The summed E-state index contributed by atoms with van der Waals surface area (Å²) in [5, 5.41) is 0. The lowest BCUT2D eigenvalue weighted by Gasteiger charge is -2.36. The minimum absolute atomic E-state index is 0.791. The van der Waals surface area contributed by atoms with E-state index in [-0.39, 0.29) is 0 Å². The number of hydrogen-bond acceptors (Lipinski definition) is 2. The van der Waals surface area contributed by atoms with E-state index >= 15 is 0 Å². The van der Waals surface area contributed by atoms with E-state index in [9.17, 15) is 0 Å². The van der Waals surface area contributed by atoms with Crippen molar-refractivity contribution in [2.75, 3.05) is 12.3 Å². The van der Waals surface area contributed by atoms with Crippen LogP contribution in [-0.4, -0.2) is 17.5 Å². The number of anilines is 1. The van der Waals surface area contributed by atoms with E-state index in [4.69, 9.17) is 5.73 Å². The molecule has 0 spiro atoms. The van der Waals surface area contributed by atoms with E-state index < -0.39 is 0 Å². The van der Waals surface area contributed by atoms with Crippen LogP contribution in [0.15, 0.2) is 18.2 Å². The number of nitrogen functional groups attached to an aromatic ring is 1. The van der Waals surface area contributed by atoms with Gasteiger partial charge in [0.2, 0.25) is 0 Å². The molecule has 2 heteroatoms. The van der Waals surface area contributed by atoms with Gasteiger partial charge in [0.15, 0.2) is 0 Å². The lowest BCUT2D eigenvalue weighted by molar-refractivity contribution is 0.161. The smallest absolute Gasteiger partial charge is 0.0362 e. The van der Waals surface area contributed by atoms with Crippen molar-refractivity contribution in [3.8, 4) is 0 Å². The second kappa shape index (κ2) is 6.17. The third-order valence-corrected chi connectivity index (χ3v) is 5.49. The van der Waals surface area contributed by atoms with Gasteiger partial charge in [0.1, 0.15) is 0 Å². The van der Waals surface area contributed by atoms with E-state index in [2.05, 4.69) is 30.0 Å². The van der Waals surface area contributed by atoms with Crippen LogP contribution >= 0.6 is 0 Å². The van der Waals surface area contributed by atoms with Gasteiger partial charge in [-0.2, -0.15) is 0 Å². The quantitative estimate of drug-likeness (QED) is 0.651. The maximum atomic E-state index is 6.18. The first-order valence-electron chi connectivity index (χ1n) is 8.38. The highest BCUT2D eigenvalue weighted by atomic mass is 15.2. The number of nitrogens with zero attached hydrogens (tertiary/aromatic N) is 1. The predicted octanol–water partition coefficient (Wildman–Crippen LogP) is 3.99. The van der Waals surface area contributed by atoms with Crippen molar-refractivity contribution in [3.05, 3.63) is 29.3 Å². The summed E-state index contributed by atoms with van der Waals surface area (Å²) in [4.78, 5) is 2.71. The fourth-order valence-electron chi connectivity index (χ4n) is 4.07. The van der Waals surface area contributed by atoms with Gasteiger partial charge in [-0.1, -0.05) is 38.3 Å². The molecular weight excluding hydrogens is 244 g/mol. The van der Waals surface area contributed by atoms with Crippen LogP contribution in [-0.2, 0) is 13.0 Å². The third-order valence-electron chi connectivity index (χ3n) is 5.49. The van der Waals surface area contributed by atoms with Crippen LogP contribution in [0.3, 0.4) is 0 Å². The molecule has 1 saturated carbocycles. The summed E-state index contributed by atoms with van der Waals surface area (Å²) in [6, 6.07) is 7.20. The molecule has 0 bridgehead atoms. The molecule has 2 N–H and O–H groups in total. The average Bonchev–Trinajstić information content (AvgIpc) is 2.73. The Morgan fingerprint density at radius 3 is 2.95 bits per heavy atom. The molecule has 2 nitrogen and oxygen atoms in total. The lowest BCUT2D eigenvalue weighted by Crippen LogP contribution is -2.39. The summed E-state index contributed by atoms with van der Waals surface area (Å²) in [6.45, 7) is 4.64. The summed E-state index contributed by atoms with van der Waals surface area (Å²) in [7, 11) is 0. The normalized spacial score (nSPS) is 27.9. The number of benzene rings is 1. The Morgan fingerprint density at radius 1 is 1.20 bits per heavy atom. The molecule has 1 aliphatic heterocycles. The fraction of sp³-hybridized carbons (Fsp3) is 0.667. The molecule has 0 aromatic heterocycles. The van der Waals surface area contributed by atoms with Crippen molar-refractivity contribution in [1.82, 2.24) is 4.90 Å². The van der Waals surface area contributed by atoms with Gasteiger partial charge < -0.3 is 5.73 Å². The van der Waals surface area contributed by atoms with Crippen LogP contribution < -0.4 is 5.73 Å². The summed E-state index contributed by atoms with van der Waals surface area (Å²) in [5.41, 5.74) is 10.0. The summed E-state index contributed by atoms with van der Waals surface area (Å²) >= 11 is 0. The zero-order valence-corrected chi connectivity index (χ0v) is 12.8. The molecule has 1 heterocycles. The second-order valence-corrected chi connectivity index (χ2v) is 6.64. The Balaban J connectivity index is 1.69. The maximum absolute atomic E-state index is 6.18. The minimum atomic E-state index is 0.791. The number of hydrogen-bond donors (Lipinski definition) is 1. The highest BCUT2D eigenvalue weighted by molar-refractivity contribution is 5.51. The van der Waals surface area contributed by atoms with E-state index in [0.717, 1.165) is 24.2 Å².